The number of benzene rings is 2. The Kier molecular flexibility index (Phi) is 4.53. The molecule has 2 aliphatic rings. The highest BCUT2D eigenvalue weighted by molar-refractivity contribution is 7.89. The Labute approximate surface area is 157 Å². The fourth-order valence-electron chi connectivity index (χ4n) is 3.32. The number of amides is 1. The Morgan fingerprint density at radius 1 is 1.22 bits per heavy atom. The molecule has 0 fully saturated rings. The lowest BCUT2D eigenvalue weighted by atomic mass is 10.2. The van der Waals surface area contributed by atoms with Gasteiger partial charge in [-0.15, -0.1) is 0 Å². The first-order chi connectivity index (χ1) is 12.9. The van der Waals surface area contributed by atoms with Crippen molar-refractivity contribution in [2.45, 2.75) is 24.3 Å². The molecule has 8 heteroatoms. The van der Waals surface area contributed by atoms with Gasteiger partial charge in [0.05, 0.1) is 11.4 Å². The summed E-state index contributed by atoms with van der Waals surface area (Å²) in [4.78, 5) is 13.5. The maximum atomic E-state index is 12.6. The number of carbonyl (C=O) groups is 1. The van der Waals surface area contributed by atoms with Crippen molar-refractivity contribution in [3.8, 4) is 11.5 Å². The number of ether oxygens (including phenoxy) is 2. The third kappa shape index (κ3) is 3.50. The maximum absolute atomic E-state index is 12.6. The number of carbonyl (C=O) groups excluding carboxylic acids is 1. The number of hydrogen-bond donors (Lipinski definition) is 1. The highest BCUT2D eigenvalue weighted by Crippen LogP contribution is 2.32. The van der Waals surface area contributed by atoms with E-state index >= 15 is 0 Å². The molecule has 2 aromatic carbocycles. The molecule has 7 nitrogen and oxygen atoms in total. The van der Waals surface area contributed by atoms with Gasteiger partial charge >= 0.3 is 0 Å². The number of anilines is 1. The van der Waals surface area contributed by atoms with Gasteiger partial charge in [0.25, 0.3) is 0 Å². The minimum Gasteiger partial charge on any atom is -0.486 e. The van der Waals surface area contributed by atoms with E-state index in [0.717, 1.165) is 11.3 Å². The van der Waals surface area contributed by atoms with E-state index in [1.807, 2.05) is 18.2 Å². The van der Waals surface area contributed by atoms with Crippen LogP contribution in [0, 0.1) is 0 Å². The summed E-state index contributed by atoms with van der Waals surface area (Å²) in [5, 5.41) is 0. The van der Waals surface area contributed by atoms with E-state index in [2.05, 4.69) is 4.72 Å². The molecule has 1 atom stereocenters. The Morgan fingerprint density at radius 2 is 2.00 bits per heavy atom. The van der Waals surface area contributed by atoms with Crippen LogP contribution in [-0.4, -0.2) is 40.1 Å². The molecule has 0 saturated heterocycles. The quantitative estimate of drug-likeness (QED) is 0.862. The molecule has 0 aromatic heterocycles. The average Bonchev–Trinajstić information content (AvgIpc) is 3.10. The van der Waals surface area contributed by atoms with Crippen molar-refractivity contribution in [3.63, 3.8) is 0 Å². The highest BCUT2D eigenvalue weighted by Gasteiger charge is 2.26. The second-order valence-corrected chi connectivity index (χ2v) is 8.33. The summed E-state index contributed by atoms with van der Waals surface area (Å²) in [6, 6.07) is 12.1. The zero-order valence-corrected chi connectivity index (χ0v) is 15.7. The number of nitrogens with zero attached hydrogens (tertiary/aromatic N) is 1. The SMILES string of the molecule is CC(=O)N1CCc2cc(S(=O)(=O)NC[C@@H]3COc4ccccc4O3)ccc21. The van der Waals surface area contributed by atoms with Crippen molar-refractivity contribution in [3.05, 3.63) is 48.0 Å². The van der Waals surface area contributed by atoms with E-state index < -0.39 is 16.1 Å². The van der Waals surface area contributed by atoms with E-state index in [0.29, 0.717) is 24.5 Å². The van der Waals surface area contributed by atoms with Crippen LogP contribution in [0.25, 0.3) is 0 Å². The number of hydrogen-bond acceptors (Lipinski definition) is 5. The van der Waals surface area contributed by atoms with Crippen molar-refractivity contribution in [1.29, 1.82) is 0 Å². The molecule has 0 radical (unpaired) electrons. The second kappa shape index (κ2) is 6.86. The predicted molar refractivity (Wildman–Crippen MR) is 99.7 cm³/mol. The molecule has 1 N–H and O–H groups in total. The standard InChI is InChI=1S/C19H20N2O5S/c1-13(22)21-9-8-14-10-16(6-7-17(14)21)27(23,24)20-11-15-12-25-18-4-2-3-5-19(18)26-15/h2-7,10,15,20H,8-9,11-12H2,1H3/t15-/m1/s1. The number of sulfonamides is 1. The fourth-order valence-corrected chi connectivity index (χ4v) is 4.44. The van der Waals surface area contributed by atoms with Gasteiger partial charge in [-0.25, -0.2) is 13.1 Å². The first-order valence-corrected chi connectivity index (χ1v) is 10.2. The molecule has 1 amide bonds. The van der Waals surface area contributed by atoms with Gasteiger partial charge in [-0.05, 0) is 42.3 Å². The molecule has 0 unspecified atom stereocenters. The zero-order valence-electron chi connectivity index (χ0n) is 14.8. The first kappa shape index (κ1) is 17.8. The van der Waals surface area contributed by atoms with Gasteiger partial charge in [0.2, 0.25) is 15.9 Å². The van der Waals surface area contributed by atoms with Gasteiger partial charge < -0.3 is 14.4 Å². The van der Waals surface area contributed by atoms with Gasteiger partial charge in [0.1, 0.15) is 12.7 Å². The summed E-state index contributed by atoms with van der Waals surface area (Å²) in [7, 11) is -3.69. The lowest BCUT2D eigenvalue weighted by Crippen LogP contribution is -2.40. The second-order valence-electron chi connectivity index (χ2n) is 6.56. The minimum atomic E-state index is -3.69. The number of para-hydroxylation sites is 2. The van der Waals surface area contributed by atoms with Gasteiger partial charge in [0.15, 0.2) is 11.5 Å². The fraction of sp³-hybridized carbons (Fsp3) is 0.316. The van der Waals surface area contributed by atoms with Gasteiger partial charge in [0, 0.05) is 19.2 Å². The summed E-state index contributed by atoms with van der Waals surface area (Å²) >= 11 is 0. The molecule has 27 heavy (non-hydrogen) atoms. The normalized spacial score (nSPS) is 18.3. The Morgan fingerprint density at radius 3 is 2.78 bits per heavy atom. The van der Waals surface area contributed by atoms with E-state index in [4.69, 9.17) is 9.47 Å². The summed E-state index contributed by atoms with van der Waals surface area (Å²) in [5.74, 6) is 1.22. The van der Waals surface area contributed by atoms with Crippen LogP contribution in [0.15, 0.2) is 47.4 Å². The molecule has 2 aromatic rings. The van der Waals surface area contributed by atoms with Crippen LogP contribution in [0.3, 0.4) is 0 Å². The Bertz CT molecular complexity index is 989. The van der Waals surface area contributed by atoms with E-state index in [1.54, 1.807) is 23.1 Å². The molecule has 2 aliphatic heterocycles. The minimum absolute atomic E-state index is 0.0442. The van der Waals surface area contributed by atoms with Crippen molar-refractivity contribution < 1.29 is 22.7 Å². The maximum Gasteiger partial charge on any atom is 0.240 e. The van der Waals surface area contributed by atoms with Crippen LogP contribution in [0.4, 0.5) is 5.69 Å². The van der Waals surface area contributed by atoms with Gasteiger partial charge in [-0.3, -0.25) is 4.79 Å². The lowest BCUT2D eigenvalue weighted by molar-refractivity contribution is -0.116. The van der Waals surface area contributed by atoms with Crippen LogP contribution in [0.5, 0.6) is 11.5 Å². The topological polar surface area (TPSA) is 84.9 Å². The third-order valence-corrected chi connectivity index (χ3v) is 6.13. The van der Waals surface area contributed by atoms with Crippen LogP contribution in [-0.2, 0) is 21.2 Å². The van der Waals surface area contributed by atoms with Crippen molar-refractivity contribution >= 4 is 21.6 Å². The Balaban J connectivity index is 1.45. The van der Waals surface area contributed by atoms with Gasteiger partial charge in [-0.2, -0.15) is 0 Å². The van der Waals surface area contributed by atoms with E-state index in [9.17, 15) is 13.2 Å². The molecule has 0 aliphatic carbocycles. The lowest BCUT2D eigenvalue weighted by Gasteiger charge is -2.26. The van der Waals surface area contributed by atoms with Gasteiger partial charge in [-0.1, -0.05) is 12.1 Å². The van der Waals surface area contributed by atoms with Crippen LogP contribution in [0.2, 0.25) is 0 Å². The molecule has 2 heterocycles. The molecule has 0 spiro atoms. The summed E-state index contributed by atoms with van der Waals surface area (Å²) in [5.41, 5.74) is 1.64. The summed E-state index contributed by atoms with van der Waals surface area (Å²) < 4.78 is 39.3. The molecule has 0 saturated carbocycles. The van der Waals surface area contributed by atoms with Crippen LogP contribution < -0.4 is 19.1 Å². The first-order valence-electron chi connectivity index (χ1n) is 8.73. The molecular formula is C19H20N2O5S. The van der Waals surface area contributed by atoms with E-state index in [-0.39, 0.29) is 24.0 Å². The number of rotatable bonds is 4. The van der Waals surface area contributed by atoms with E-state index in [1.165, 1.54) is 13.0 Å². The molecule has 4 rings (SSSR count). The van der Waals surface area contributed by atoms with Crippen LogP contribution >= 0.6 is 0 Å². The molecular weight excluding hydrogens is 368 g/mol. The molecule has 142 valence electrons. The largest absolute Gasteiger partial charge is 0.486 e. The third-order valence-electron chi connectivity index (χ3n) is 4.71. The van der Waals surface area contributed by atoms with Crippen molar-refractivity contribution in [2.24, 2.45) is 0 Å². The predicted octanol–water partition coefficient (Wildman–Crippen LogP) is 1.71. The zero-order chi connectivity index (χ0) is 19.0. The number of fused-ring (bicyclic) bond motifs is 2. The molecule has 0 bridgehead atoms. The summed E-state index contributed by atoms with van der Waals surface area (Å²) in [6.07, 6.45) is 0.242. The smallest absolute Gasteiger partial charge is 0.240 e. The van der Waals surface area contributed by atoms with Crippen molar-refractivity contribution in [2.75, 3.05) is 24.6 Å². The van der Waals surface area contributed by atoms with Crippen LogP contribution in [0.1, 0.15) is 12.5 Å². The highest BCUT2D eigenvalue weighted by atomic mass is 32.2. The number of nitrogens with one attached hydrogen (secondary N) is 1. The summed E-state index contributed by atoms with van der Waals surface area (Å²) in [6.45, 7) is 2.46. The Hall–Kier alpha value is -2.58. The van der Waals surface area contributed by atoms with Crippen molar-refractivity contribution in [1.82, 2.24) is 4.72 Å². The monoisotopic (exact) mass is 388 g/mol. The average molecular weight is 388 g/mol.